The Kier molecular flexibility index (Phi) is 3.46. The molecule has 0 amide bonds. The number of aromatic nitrogens is 3. The highest BCUT2D eigenvalue weighted by Gasteiger charge is 2.18. The van der Waals surface area contributed by atoms with Gasteiger partial charge in [-0.1, -0.05) is 11.6 Å². The van der Waals surface area contributed by atoms with Gasteiger partial charge in [-0.15, -0.1) is 10.2 Å². The fraction of sp³-hybridized carbons (Fsp3) is 0.308. The number of rotatable bonds is 2. The van der Waals surface area contributed by atoms with Crippen LogP contribution in [-0.4, -0.2) is 41.4 Å². The van der Waals surface area contributed by atoms with Gasteiger partial charge in [0.2, 0.25) is 0 Å². The van der Waals surface area contributed by atoms with Crippen molar-refractivity contribution in [3.63, 3.8) is 0 Å². The summed E-state index contributed by atoms with van der Waals surface area (Å²) in [5, 5.41) is 8.43. The van der Waals surface area contributed by atoms with Crippen LogP contribution in [0.1, 0.15) is 0 Å². The molecule has 0 saturated carbocycles. The summed E-state index contributed by atoms with van der Waals surface area (Å²) in [5.41, 5.74) is 1.22. The Hall–Kier alpha value is -1.88. The summed E-state index contributed by atoms with van der Waals surface area (Å²) in [4.78, 5) is 8.62. The van der Waals surface area contributed by atoms with Gasteiger partial charge in [-0.3, -0.25) is 4.98 Å². The molecule has 19 heavy (non-hydrogen) atoms. The lowest BCUT2D eigenvalue weighted by molar-refractivity contribution is 0.643. The van der Waals surface area contributed by atoms with E-state index in [1.807, 2.05) is 30.6 Å². The maximum atomic E-state index is 5.75. The van der Waals surface area contributed by atoms with Crippen molar-refractivity contribution in [1.82, 2.24) is 15.2 Å². The molecule has 6 heteroatoms. The molecule has 0 radical (unpaired) electrons. The Bertz CT molecular complexity index is 522. The average molecular weight is 276 g/mol. The van der Waals surface area contributed by atoms with Crippen LogP contribution in [0.3, 0.4) is 0 Å². The third-order valence-corrected chi connectivity index (χ3v) is 3.45. The first kappa shape index (κ1) is 12.2. The van der Waals surface area contributed by atoms with Crippen LogP contribution in [0.25, 0.3) is 0 Å². The van der Waals surface area contributed by atoms with Gasteiger partial charge >= 0.3 is 0 Å². The fourth-order valence-electron chi connectivity index (χ4n) is 2.23. The molecule has 5 nitrogen and oxygen atoms in total. The predicted molar refractivity (Wildman–Crippen MR) is 75.7 cm³/mol. The SMILES string of the molecule is Clc1ccc(N2CCN(c3ccncc3)CC2)nn1. The molecule has 2 aromatic heterocycles. The second kappa shape index (κ2) is 5.40. The Morgan fingerprint density at radius 1 is 0.842 bits per heavy atom. The van der Waals surface area contributed by atoms with Gasteiger partial charge in [0.1, 0.15) is 0 Å². The third kappa shape index (κ3) is 2.76. The summed E-state index contributed by atoms with van der Waals surface area (Å²) >= 11 is 5.75. The van der Waals surface area contributed by atoms with Crippen molar-refractivity contribution in [2.45, 2.75) is 0 Å². The van der Waals surface area contributed by atoms with Crippen molar-refractivity contribution in [3.8, 4) is 0 Å². The van der Waals surface area contributed by atoms with Gasteiger partial charge in [0.05, 0.1) is 0 Å². The van der Waals surface area contributed by atoms with Crippen LogP contribution in [0.2, 0.25) is 5.15 Å². The molecule has 0 unspecified atom stereocenters. The minimum Gasteiger partial charge on any atom is -0.368 e. The number of hydrogen-bond acceptors (Lipinski definition) is 5. The van der Waals surface area contributed by atoms with Gasteiger partial charge in [-0.05, 0) is 24.3 Å². The van der Waals surface area contributed by atoms with E-state index in [0.29, 0.717) is 5.15 Å². The van der Waals surface area contributed by atoms with Gasteiger partial charge < -0.3 is 9.80 Å². The number of pyridine rings is 1. The molecule has 1 fully saturated rings. The molecule has 2 aromatic rings. The minimum atomic E-state index is 0.430. The van der Waals surface area contributed by atoms with Gasteiger partial charge in [0.15, 0.2) is 11.0 Å². The van der Waals surface area contributed by atoms with E-state index in [4.69, 9.17) is 11.6 Å². The molecule has 3 rings (SSSR count). The van der Waals surface area contributed by atoms with E-state index in [1.54, 1.807) is 6.07 Å². The number of nitrogens with zero attached hydrogens (tertiary/aromatic N) is 5. The van der Waals surface area contributed by atoms with Gasteiger partial charge in [-0.25, -0.2) is 0 Å². The van der Waals surface area contributed by atoms with E-state index in [0.717, 1.165) is 32.0 Å². The third-order valence-electron chi connectivity index (χ3n) is 3.25. The Labute approximate surface area is 116 Å². The van der Waals surface area contributed by atoms with Crippen molar-refractivity contribution >= 4 is 23.1 Å². The minimum absolute atomic E-state index is 0.430. The summed E-state index contributed by atoms with van der Waals surface area (Å²) in [7, 11) is 0. The molecule has 0 atom stereocenters. The second-order valence-corrected chi connectivity index (χ2v) is 4.78. The monoisotopic (exact) mass is 275 g/mol. The van der Waals surface area contributed by atoms with E-state index >= 15 is 0 Å². The molecule has 0 bridgehead atoms. The molecule has 0 aliphatic carbocycles. The van der Waals surface area contributed by atoms with Crippen molar-refractivity contribution < 1.29 is 0 Å². The Morgan fingerprint density at radius 3 is 2.16 bits per heavy atom. The zero-order chi connectivity index (χ0) is 13.1. The maximum absolute atomic E-state index is 5.75. The van der Waals surface area contributed by atoms with Crippen molar-refractivity contribution in [2.75, 3.05) is 36.0 Å². The van der Waals surface area contributed by atoms with Crippen molar-refractivity contribution in [2.24, 2.45) is 0 Å². The molecule has 1 saturated heterocycles. The largest absolute Gasteiger partial charge is 0.368 e. The highest BCUT2D eigenvalue weighted by molar-refractivity contribution is 6.29. The van der Waals surface area contributed by atoms with Crippen LogP contribution in [0.4, 0.5) is 11.5 Å². The fourth-order valence-corrected chi connectivity index (χ4v) is 2.33. The summed E-state index contributed by atoms with van der Waals surface area (Å²) in [6.07, 6.45) is 3.65. The quantitative estimate of drug-likeness (QED) is 0.837. The predicted octanol–water partition coefficient (Wildman–Crippen LogP) is 1.85. The number of anilines is 2. The highest BCUT2D eigenvalue weighted by Crippen LogP contribution is 2.18. The number of halogens is 1. The summed E-state index contributed by atoms with van der Waals surface area (Å²) < 4.78 is 0. The van der Waals surface area contributed by atoms with Crippen LogP contribution in [0.15, 0.2) is 36.7 Å². The molecule has 0 spiro atoms. The summed E-state index contributed by atoms with van der Waals surface area (Å²) in [5.74, 6) is 0.888. The molecule has 0 N–H and O–H groups in total. The van der Waals surface area contributed by atoms with Crippen LogP contribution in [0, 0.1) is 0 Å². The van der Waals surface area contributed by atoms with E-state index in [1.165, 1.54) is 5.69 Å². The highest BCUT2D eigenvalue weighted by atomic mass is 35.5. The molecule has 0 aromatic carbocycles. The standard InChI is InChI=1S/C13H14ClN5/c14-12-1-2-13(17-16-12)19-9-7-18(8-10-19)11-3-5-15-6-4-11/h1-6H,7-10H2. The lowest BCUT2D eigenvalue weighted by Gasteiger charge is -2.36. The zero-order valence-corrected chi connectivity index (χ0v) is 11.2. The zero-order valence-electron chi connectivity index (χ0n) is 10.4. The maximum Gasteiger partial charge on any atom is 0.151 e. The Morgan fingerprint density at radius 2 is 1.53 bits per heavy atom. The summed E-state index contributed by atoms with van der Waals surface area (Å²) in [6, 6.07) is 7.77. The molecular weight excluding hydrogens is 262 g/mol. The first-order valence-corrected chi connectivity index (χ1v) is 6.60. The van der Waals surface area contributed by atoms with Crippen LogP contribution in [-0.2, 0) is 0 Å². The van der Waals surface area contributed by atoms with E-state index in [9.17, 15) is 0 Å². The van der Waals surface area contributed by atoms with Crippen LogP contribution in [0.5, 0.6) is 0 Å². The van der Waals surface area contributed by atoms with Gasteiger partial charge in [-0.2, -0.15) is 0 Å². The smallest absolute Gasteiger partial charge is 0.151 e. The first-order chi connectivity index (χ1) is 9.33. The second-order valence-electron chi connectivity index (χ2n) is 4.39. The van der Waals surface area contributed by atoms with Crippen molar-refractivity contribution in [1.29, 1.82) is 0 Å². The lowest BCUT2D eigenvalue weighted by atomic mass is 10.2. The van der Waals surface area contributed by atoms with E-state index < -0.39 is 0 Å². The molecule has 98 valence electrons. The summed E-state index contributed by atoms with van der Waals surface area (Å²) in [6.45, 7) is 3.79. The molecular formula is C13H14ClN5. The molecule has 1 aliphatic rings. The lowest BCUT2D eigenvalue weighted by Crippen LogP contribution is -2.46. The normalized spacial score (nSPS) is 15.6. The number of hydrogen-bond donors (Lipinski definition) is 0. The molecule has 3 heterocycles. The molecule has 1 aliphatic heterocycles. The van der Waals surface area contributed by atoms with Gasteiger partial charge in [0, 0.05) is 44.3 Å². The average Bonchev–Trinajstić information content (AvgIpc) is 2.49. The van der Waals surface area contributed by atoms with E-state index in [-0.39, 0.29) is 0 Å². The van der Waals surface area contributed by atoms with E-state index in [2.05, 4.69) is 25.0 Å². The first-order valence-electron chi connectivity index (χ1n) is 6.22. The van der Waals surface area contributed by atoms with Crippen LogP contribution >= 0.6 is 11.6 Å². The Balaban J connectivity index is 1.65. The van der Waals surface area contributed by atoms with Crippen molar-refractivity contribution in [3.05, 3.63) is 41.8 Å². The topological polar surface area (TPSA) is 45.2 Å². The van der Waals surface area contributed by atoms with Gasteiger partial charge in [0.25, 0.3) is 0 Å². The number of piperazine rings is 1. The van der Waals surface area contributed by atoms with Crippen LogP contribution < -0.4 is 9.80 Å².